The van der Waals surface area contributed by atoms with Crippen molar-refractivity contribution >= 4 is 21.6 Å². The van der Waals surface area contributed by atoms with Crippen LogP contribution >= 0.6 is 0 Å². The van der Waals surface area contributed by atoms with Crippen LogP contribution in [0.5, 0.6) is 0 Å². The summed E-state index contributed by atoms with van der Waals surface area (Å²) in [4.78, 5) is 12.6. The highest BCUT2D eigenvalue weighted by atomic mass is 32.2. The summed E-state index contributed by atoms with van der Waals surface area (Å²) < 4.78 is 40.6. The number of hydrogen-bond donors (Lipinski definition) is 2. The first-order valence-corrected chi connectivity index (χ1v) is 10.6. The number of benzene rings is 3. The van der Waals surface area contributed by atoms with Crippen LogP contribution in [0.25, 0.3) is 0 Å². The normalized spacial score (nSPS) is 12.2. The van der Waals surface area contributed by atoms with E-state index >= 15 is 0 Å². The van der Waals surface area contributed by atoms with E-state index < -0.39 is 15.8 Å². The molecule has 0 saturated heterocycles. The highest BCUT2D eigenvalue weighted by Crippen LogP contribution is 2.20. The Balaban J connectivity index is 1.79. The Labute approximate surface area is 169 Å². The lowest BCUT2D eigenvalue weighted by atomic mass is 10.0. The molecule has 0 heterocycles. The number of carbonyl (C=O) groups is 1. The van der Waals surface area contributed by atoms with Gasteiger partial charge >= 0.3 is 0 Å². The van der Waals surface area contributed by atoms with Gasteiger partial charge in [-0.05, 0) is 54.4 Å². The van der Waals surface area contributed by atoms with Crippen molar-refractivity contribution in [1.29, 1.82) is 0 Å². The molecule has 1 atom stereocenters. The SMILES string of the molecule is CCC(NC(=O)c1cccc(S(=O)(=O)Nc2ccc(F)cc2)c1)c1ccccc1. The smallest absolute Gasteiger partial charge is 0.261 e. The number of sulfonamides is 1. The van der Waals surface area contributed by atoms with Crippen LogP contribution in [0.4, 0.5) is 10.1 Å². The number of carbonyl (C=O) groups excluding carboxylic acids is 1. The fourth-order valence-electron chi connectivity index (χ4n) is 2.88. The monoisotopic (exact) mass is 412 g/mol. The minimum absolute atomic E-state index is 0.0535. The first-order chi connectivity index (χ1) is 13.9. The standard InChI is InChI=1S/C22H21FN2O3S/c1-2-21(16-7-4-3-5-8-16)24-22(26)17-9-6-10-20(15-17)29(27,28)25-19-13-11-18(23)12-14-19/h3-15,21,25H,2H2,1H3,(H,24,26). The number of hydrogen-bond acceptors (Lipinski definition) is 3. The van der Waals surface area contributed by atoms with Crippen molar-refractivity contribution in [2.75, 3.05) is 4.72 Å². The average Bonchev–Trinajstić information content (AvgIpc) is 2.74. The van der Waals surface area contributed by atoms with Gasteiger partial charge in [-0.2, -0.15) is 0 Å². The van der Waals surface area contributed by atoms with Gasteiger partial charge < -0.3 is 5.32 Å². The van der Waals surface area contributed by atoms with E-state index in [1.165, 1.54) is 30.3 Å². The number of nitrogens with one attached hydrogen (secondary N) is 2. The quantitative estimate of drug-likeness (QED) is 0.600. The molecule has 0 radical (unpaired) electrons. The van der Waals surface area contributed by atoms with Crippen LogP contribution < -0.4 is 10.0 Å². The lowest BCUT2D eigenvalue weighted by molar-refractivity contribution is 0.0935. The summed E-state index contributed by atoms with van der Waals surface area (Å²) in [6.07, 6.45) is 0.694. The lowest BCUT2D eigenvalue weighted by Crippen LogP contribution is -2.28. The Hall–Kier alpha value is -3.19. The fourth-order valence-corrected chi connectivity index (χ4v) is 3.99. The highest BCUT2D eigenvalue weighted by Gasteiger charge is 2.18. The number of anilines is 1. The van der Waals surface area contributed by atoms with E-state index in [1.54, 1.807) is 6.07 Å². The van der Waals surface area contributed by atoms with E-state index in [4.69, 9.17) is 0 Å². The molecule has 0 aliphatic rings. The molecule has 1 unspecified atom stereocenters. The molecule has 7 heteroatoms. The lowest BCUT2D eigenvalue weighted by Gasteiger charge is -2.18. The van der Waals surface area contributed by atoms with Crippen molar-refractivity contribution in [1.82, 2.24) is 5.32 Å². The van der Waals surface area contributed by atoms with Gasteiger partial charge in [0.1, 0.15) is 5.82 Å². The molecule has 0 bridgehead atoms. The molecule has 29 heavy (non-hydrogen) atoms. The number of rotatable bonds is 7. The van der Waals surface area contributed by atoms with Gasteiger partial charge in [-0.25, -0.2) is 12.8 Å². The van der Waals surface area contributed by atoms with Gasteiger partial charge in [0.05, 0.1) is 10.9 Å². The second kappa shape index (κ2) is 8.87. The van der Waals surface area contributed by atoms with Crippen molar-refractivity contribution in [2.45, 2.75) is 24.3 Å². The van der Waals surface area contributed by atoms with E-state index in [1.807, 2.05) is 37.3 Å². The van der Waals surface area contributed by atoms with Gasteiger partial charge in [-0.15, -0.1) is 0 Å². The van der Waals surface area contributed by atoms with Crippen LogP contribution in [0.2, 0.25) is 0 Å². The zero-order valence-electron chi connectivity index (χ0n) is 15.8. The van der Waals surface area contributed by atoms with Gasteiger partial charge in [0.2, 0.25) is 0 Å². The Morgan fingerprint density at radius 1 is 0.966 bits per heavy atom. The van der Waals surface area contributed by atoms with Crippen molar-refractivity contribution in [3.63, 3.8) is 0 Å². The molecular weight excluding hydrogens is 391 g/mol. The molecule has 0 aliphatic heterocycles. The van der Waals surface area contributed by atoms with Gasteiger partial charge in [0.15, 0.2) is 0 Å². The predicted octanol–water partition coefficient (Wildman–Crippen LogP) is 4.51. The molecule has 0 aliphatic carbocycles. The summed E-state index contributed by atoms with van der Waals surface area (Å²) >= 11 is 0. The highest BCUT2D eigenvalue weighted by molar-refractivity contribution is 7.92. The minimum atomic E-state index is -3.92. The summed E-state index contributed by atoms with van der Waals surface area (Å²) in [5, 5.41) is 2.94. The molecule has 2 N–H and O–H groups in total. The molecule has 0 fully saturated rings. The van der Waals surface area contributed by atoms with E-state index in [0.29, 0.717) is 6.42 Å². The molecule has 0 saturated carbocycles. The van der Waals surface area contributed by atoms with Gasteiger partial charge in [0, 0.05) is 11.3 Å². The summed E-state index contributed by atoms with van der Waals surface area (Å²) in [5.74, 6) is -0.824. The minimum Gasteiger partial charge on any atom is -0.345 e. The number of halogens is 1. The van der Waals surface area contributed by atoms with Gasteiger partial charge in [0.25, 0.3) is 15.9 Å². The third-order valence-electron chi connectivity index (χ3n) is 4.42. The molecule has 3 aromatic rings. The van der Waals surface area contributed by atoms with Crippen LogP contribution in [-0.2, 0) is 10.0 Å². The first kappa shape index (κ1) is 20.5. The fraction of sp³-hybridized carbons (Fsp3) is 0.136. The Morgan fingerprint density at radius 3 is 2.31 bits per heavy atom. The van der Waals surface area contributed by atoms with Crippen LogP contribution in [0, 0.1) is 5.82 Å². The van der Waals surface area contributed by atoms with E-state index in [0.717, 1.165) is 17.7 Å². The Morgan fingerprint density at radius 2 is 1.66 bits per heavy atom. The molecule has 1 amide bonds. The Bertz CT molecular complexity index is 1080. The molecule has 0 aromatic heterocycles. The van der Waals surface area contributed by atoms with E-state index in [9.17, 15) is 17.6 Å². The van der Waals surface area contributed by atoms with Crippen LogP contribution in [0.1, 0.15) is 35.3 Å². The van der Waals surface area contributed by atoms with Gasteiger partial charge in [-0.1, -0.05) is 43.3 Å². The Kier molecular flexibility index (Phi) is 6.29. The van der Waals surface area contributed by atoms with Crippen molar-refractivity contribution in [3.8, 4) is 0 Å². The van der Waals surface area contributed by atoms with Crippen LogP contribution in [0.3, 0.4) is 0 Å². The molecule has 3 aromatic carbocycles. The second-order valence-electron chi connectivity index (χ2n) is 6.49. The number of amides is 1. The zero-order valence-corrected chi connectivity index (χ0v) is 16.6. The van der Waals surface area contributed by atoms with E-state index in [-0.39, 0.29) is 28.1 Å². The maximum atomic E-state index is 13.0. The largest absolute Gasteiger partial charge is 0.345 e. The maximum absolute atomic E-state index is 13.0. The predicted molar refractivity (Wildman–Crippen MR) is 111 cm³/mol. The molecular formula is C22H21FN2O3S. The summed E-state index contributed by atoms with van der Waals surface area (Å²) in [6.45, 7) is 1.96. The average molecular weight is 412 g/mol. The summed E-state index contributed by atoms with van der Waals surface area (Å²) in [5.41, 5.74) is 1.45. The maximum Gasteiger partial charge on any atom is 0.261 e. The summed E-state index contributed by atoms with van der Waals surface area (Å²) in [6, 6.07) is 20.2. The topological polar surface area (TPSA) is 75.3 Å². The second-order valence-corrected chi connectivity index (χ2v) is 8.17. The van der Waals surface area contributed by atoms with Gasteiger partial charge in [-0.3, -0.25) is 9.52 Å². The summed E-state index contributed by atoms with van der Waals surface area (Å²) in [7, 11) is -3.92. The molecule has 0 spiro atoms. The molecule has 3 rings (SSSR count). The first-order valence-electron chi connectivity index (χ1n) is 9.13. The van der Waals surface area contributed by atoms with Crippen LogP contribution in [-0.4, -0.2) is 14.3 Å². The van der Waals surface area contributed by atoms with Crippen molar-refractivity contribution in [2.24, 2.45) is 0 Å². The van der Waals surface area contributed by atoms with Crippen molar-refractivity contribution in [3.05, 3.63) is 95.8 Å². The molecule has 150 valence electrons. The third-order valence-corrected chi connectivity index (χ3v) is 5.80. The van der Waals surface area contributed by atoms with Crippen molar-refractivity contribution < 1.29 is 17.6 Å². The van der Waals surface area contributed by atoms with Crippen LogP contribution in [0.15, 0.2) is 83.8 Å². The van der Waals surface area contributed by atoms with E-state index in [2.05, 4.69) is 10.0 Å². The molecule has 5 nitrogen and oxygen atoms in total. The third kappa shape index (κ3) is 5.20. The zero-order chi connectivity index (χ0) is 20.9.